The number of hydrogen-bond donors (Lipinski definition) is 3. The second-order valence-corrected chi connectivity index (χ2v) is 7.47. The minimum Gasteiger partial charge on any atom is -0.385 e. The molecule has 1 aromatic rings. The number of carbonyl (C=O) groups excluding carboxylic acids is 1. The van der Waals surface area contributed by atoms with Gasteiger partial charge in [-0.25, -0.2) is 0 Å². The number of amides is 1. The zero-order chi connectivity index (χ0) is 18.5. The van der Waals surface area contributed by atoms with Crippen LogP contribution in [0.2, 0.25) is 0 Å². The number of carbonyl (C=O) groups is 1. The molecule has 1 saturated carbocycles. The van der Waals surface area contributed by atoms with E-state index in [0.717, 1.165) is 25.0 Å². The van der Waals surface area contributed by atoms with Gasteiger partial charge in [0.25, 0.3) is 0 Å². The molecule has 0 aromatic heterocycles. The highest BCUT2D eigenvalue weighted by atomic mass is 19.4. The van der Waals surface area contributed by atoms with Gasteiger partial charge in [-0.05, 0) is 50.3 Å². The number of piperidine rings is 1. The highest BCUT2D eigenvalue weighted by molar-refractivity contribution is 5.74. The molecule has 1 unspecified atom stereocenters. The van der Waals surface area contributed by atoms with E-state index in [2.05, 4.69) is 10.6 Å². The Hall–Kier alpha value is -1.60. The van der Waals surface area contributed by atoms with Crippen LogP contribution in [0.4, 0.5) is 13.2 Å². The first-order chi connectivity index (χ1) is 11.5. The van der Waals surface area contributed by atoms with Gasteiger partial charge in [0.15, 0.2) is 0 Å². The number of benzene rings is 1. The third kappa shape index (κ3) is 3.67. The maximum absolute atomic E-state index is 12.8. The highest BCUT2D eigenvalue weighted by Gasteiger charge is 2.54. The van der Waals surface area contributed by atoms with Crippen LogP contribution in [0.3, 0.4) is 0 Å². The van der Waals surface area contributed by atoms with Gasteiger partial charge in [0.05, 0.1) is 16.7 Å². The summed E-state index contributed by atoms with van der Waals surface area (Å²) in [5, 5.41) is 17.6. The minimum absolute atomic E-state index is 0.0164. The predicted molar refractivity (Wildman–Crippen MR) is 86.7 cm³/mol. The lowest BCUT2D eigenvalue weighted by atomic mass is 9.76. The molecule has 1 aliphatic heterocycles. The summed E-state index contributed by atoms with van der Waals surface area (Å²) in [4.78, 5) is 11.5. The zero-order valence-corrected chi connectivity index (χ0v) is 14.3. The molecule has 2 fully saturated rings. The van der Waals surface area contributed by atoms with Crippen LogP contribution in [0.1, 0.15) is 50.7 Å². The fraction of sp³-hybridized carbons (Fsp3) is 0.611. The Balaban J connectivity index is 1.84. The van der Waals surface area contributed by atoms with Crippen molar-refractivity contribution >= 4 is 5.91 Å². The molecule has 1 aliphatic carbocycles. The molecule has 1 amide bonds. The van der Waals surface area contributed by atoms with Crippen LogP contribution >= 0.6 is 0 Å². The smallest absolute Gasteiger partial charge is 0.385 e. The molecule has 2 aliphatic rings. The van der Waals surface area contributed by atoms with Gasteiger partial charge < -0.3 is 15.7 Å². The molecule has 3 atom stereocenters. The lowest BCUT2D eigenvalue weighted by Crippen LogP contribution is -2.60. The van der Waals surface area contributed by atoms with Crippen molar-refractivity contribution in [1.29, 1.82) is 0 Å². The van der Waals surface area contributed by atoms with Crippen LogP contribution in [-0.2, 0) is 16.6 Å². The molecule has 138 valence electrons. The van der Waals surface area contributed by atoms with E-state index in [1.165, 1.54) is 19.1 Å². The normalized spacial score (nSPS) is 31.4. The Bertz CT molecular complexity index is 655. The van der Waals surface area contributed by atoms with Crippen molar-refractivity contribution < 1.29 is 23.1 Å². The molecule has 0 bridgehead atoms. The van der Waals surface area contributed by atoms with E-state index >= 15 is 0 Å². The number of rotatable bonds is 3. The molecule has 1 heterocycles. The van der Waals surface area contributed by atoms with Crippen molar-refractivity contribution in [2.75, 3.05) is 0 Å². The van der Waals surface area contributed by atoms with Crippen molar-refractivity contribution in [2.24, 2.45) is 0 Å². The summed E-state index contributed by atoms with van der Waals surface area (Å²) in [5.74, 6) is -0.115. The Labute approximate surface area is 144 Å². The fourth-order valence-corrected chi connectivity index (χ4v) is 3.99. The Kier molecular flexibility index (Phi) is 4.36. The van der Waals surface area contributed by atoms with Gasteiger partial charge in [-0.2, -0.15) is 13.2 Å². The Morgan fingerprint density at radius 3 is 2.32 bits per heavy atom. The minimum atomic E-state index is -4.39. The SMILES string of the molecule is CC(=O)NC1([C@@H]2CC(O)(c3ccc(C(F)(F)F)cc3)C[C@H](C)N2)CC1. The molecule has 7 heteroatoms. The first-order valence-electron chi connectivity index (χ1n) is 8.49. The van der Waals surface area contributed by atoms with Crippen LogP contribution in [0.25, 0.3) is 0 Å². The van der Waals surface area contributed by atoms with E-state index in [9.17, 15) is 23.1 Å². The number of aliphatic hydroxyl groups is 1. The van der Waals surface area contributed by atoms with Crippen LogP contribution < -0.4 is 10.6 Å². The molecule has 4 nitrogen and oxygen atoms in total. The summed E-state index contributed by atoms with van der Waals surface area (Å²) in [6.07, 6.45) is -1.97. The van der Waals surface area contributed by atoms with Gasteiger partial charge in [0.1, 0.15) is 0 Å². The van der Waals surface area contributed by atoms with Gasteiger partial charge in [-0.1, -0.05) is 12.1 Å². The first kappa shape index (κ1) is 18.2. The molecular formula is C18H23F3N2O2. The predicted octanol–water partition coefficient (Wildman–Crippen LogP) is 2.70. The lowest BCUT2D eigenvalue weighted by Gasteiger charge is -2.44. The first-order valence-corrected chi connectivity index (χ1v) is 8.49. The number of alkyl halides is 3. The molecule has 0 spiro atoms. The van der Waals surface area contributed by atoms with Crippen LogP contribution in [-0.4, -0.2) is 28.6 Å². The van der Waals surface area contributed by atoms with E-state index in [0.29, 0.717) is 18.4 Å². The van der Waals surface area contributed by atoms with Gasteiger partial charge in [0.2, 0.25) is 5.91 Å². The third-order valence-corrected chi connectivity index (χ3v) is 5.30. The molecular weight excluding hydrogens is 333 g/mol. The zero-order valence-electron chi connectivity index (χ0n) is 14.3. The van der Waals surface area contributed by atoms with Gasteiger partial charge in [0, 0.05) is 19.0 Å². The number of hydrogen-bond acceptors (Lipinski definition) is 3. The van der Waals surface area contributed by atoms with E-state index in [-0.39, 0.29) is 23.5 Å². The summed E-state index contributed by atoms with van der Waals surface area (Å²) in [7, 11) is 0. The maximum atomic E-state index is 12.8. The quantitative estimate of drug-likeness (QED) is 0.780. The number of halogens is 3. The average molecular weight is 356 g/mol. The van der Waals surface area contributed by atoms with E-state index in [1.54, 1.807) is 0 Å². The van der Waals surface area contributed by atoms with Gasteiger partial charge in [-0.15, -0.1) is 0 Å². The Morgan fingerprint density at radius 2 is 1.84 bits per heavy atom. The van der Waals surface area contributed by atoms with Crippen molar-refractivity contribution in [1.82, 2.24) is 10.6 Å². The van der Waals surface area contributed by atoms with Crippen LogP contribution in [0, 0.1) is 0 Å². The summed E-state index contributed by atoms with van der Waals surface area (Å²) in [6.45, 7) is 3.40. The molecule has 1 aromatic carbocycles. The van der Waals surface area contributed by atoms with Gasteiger partial charge >= 0.3 is 6.18 Å². The topological polar surface area (TPSA) is 61.4 Å². The maximum Gasteiger partial charge on any atom is 0.416 e. The van der Waals surface area contributed by atoms with Gasteiger partial charge in [-0.3, -0.25) is 4.79 Å². The standard InChI is InChI=1S/C18H23F3N2O2/c1-11-9-17(25,13-3-5-14(6-4-13)18(19,20)21)10-15(22-11)16(7-8-16)23-12(2)24/h3-6,11,15,22,25H,7-10H2,1-2H3,(H,23,24)/t11-,15-,17?/m0/s1. The summed E-state index contributed by atoms with van der Waals surface area (Å²) >= 11 is 0. The van der Waals surface area contributed by atoms with E-state index < -0.39 is 17.3 Å². The average Bonchev–Trinajstić information content (AvgIpc) is 3.26. The second kappa shape index (κ2) is 5.99. The summed E-state index contributed by atoms with van der Waals surface area (Å²) in [5.41, 5.74) is -1.82. The molecule has 25 heavy (non-hydrogen) atoms. The van der Waals surface area contributed by atoms with Crippen LogP contribution in [0.15, 0.2) is 24.3 Å². The molecule has 3 rings (SSSR count). The van der Waals surface area contributed by atoms with Crippen molar-refractivity contribution in [3.05, 3.63) is 35.4 Å². The molecule has 0 radical (unpaired) electrons. The fourth-order valence-electron chi connectivity index (χ4n) is 3.99. The van der Waals surface area contributed by atoms with Crippen molar-refractivity contribution in [3.63, 3.8) is 0 Å². The lowest BCUT2D eigenvalue weighted by molar-refractivity contribution is -0.137. The highest BCUT2D eigenvalue weighted by Crippen LogP contribution is 2.46. The van der Waals surface area contributed by atoms with Crippen molar-refractivity contribution in [2.45, 2.75) is 68.9 Å². The van der Waals surface area contributed by atoms with Crippen molar-refractivity contribution in [3.8, 4) is 0 Å². The number of nitrogens with one attached hydrogen (secondary N) is 2. The Morgan fingerprint density at radius 1 is 1.24 bits per heavy atom. The third-order valence-electron chi connectivity index (χ3n) is 5.30. The van der Waals surface area contributed by atoms with E-state index in [4.69, 9.17) is 0 Å². The monoisotopic (exact) mass is 356 g/mol. The summed E-state index contributed by atoms with van der Waals surface area (Å²) in [6, 6.07) is 4.60. The second-order valence-electron chi connectivity index (χ2n) is 7.47. The molecule has 3 N–H and O–H groups in total. The molecule has 1 saturated heterocycles. The van der Waals surface area contributed by atoms with E-state index in [1.807, 2.05) is 6.92 Å². The largest absolute Gasteiger partial charge is 0.416 e. The van der Waals surface area contributed by atoms with Crippen LogP contribution in [0.5, 0.6) is 0 Å². The summed E-state index contributed by atoms with van der Waals surface area (Å²) < 4.78 is 38.3.